The first-order valence-corrected chi connectivity index (χ1v) is 7.57. The van der Waals surface area contributed by atoms with Crippen LogP contribution in [0.5, 0.6) is 0 Å². The number of nitrogens with two attached hydrogens (primary N) is 1. The molecule has 0 amide bonds. The van der Waals surface area contributed by atoms with Gasteiger partial charge in [0.2, 0.25) is 0 Å². The average Bonchev–Trinajstić information content (AvgIpc) is 2.59. The van der Waals surface area contributed by atoms with Gasteiger partial charge in [0.25, 0.3) is 0 Å². The maximum Gasteiger partial charge on any atom is 0.123 e. The first-order valence-electron chi connectivity index (χ1n) is 7.19. The summed E-state index contributed by atoms with van der Waals surface area (Å²) >= 11 is 6.19. The highest BCUT2D eigenvalue weighted by molar-refractivity contribution is 6.31. The Morgan fingerprint density at radius 2 is 2.16 bits per heavy atom. The maximum atomic E-state index is 6.19. The monoisotopic (exact) mass is 281 g/mol. The standard InChI is InChI=1S/C15H24ClN3/c1-11(2)12-4-3-8-19(9-7-12)10-14-13(16)5-6-15(17)18-14/h5-6,11-12H,3-4,7-10H2,1-2H3,(H2,17,18). The van der Waals surface area contributed by atoms with Crippen molar-refractivity contribution in [2.45, 2.75) is 39.7 Å². The quantitative estimate of drug-likeness (QED) is 0.921. The zero-order chi connectivity index (χ0) is 13.8. The number of anilines is 1. The summed E-state index contributed by atoms with van der Waals surface area (Å²) in [7, 11) is 0. The Morgan fingerprint density at radius 1 is 1.37 bits per heavy atom. The lowest BCUT2D eigenvalue weighted by Crippen LogP contribution is -2.25. The molecule has 3 nitrogen and oxygen atoms in total. The minimum atomic E-state index is 0.550. The third kappa shape index (κ3) is 4.08. The number of aromatic nitrogens is 1. The topological polar surface area (TPSA) is 42.2 Å². The van der Waals surface area contributed by atoms with Crippen molar-refractivity contribution in [1.29, 1.82) is 0 Å². The predicted molar refractivity (Wildman–Crippen MR) is 81.1 cm³/mol. The fourth-order valence-corrected chi connectivity index (χ4v) is 3.00. The normalized spacial score (nSPS) is 21.6. The van der Waals surface area contributed by atoms with Gasteiger partial charge in [-0.1, -0.05) is 25.4 Å². The number of rotatable bonds is 3. The zero-order valence-corrected chi connectivity index (χ0v) is 12.7. The molecule has 0 spiro atoms. The number of likely N-dealkylation sites (tertiary alicyclic amines) is 1. The minimum absolute atomic E-state index is 0.550. The second kappa shape index (κ2) is 6.58. The van der Waals surface area contributed by atoms with Crippen LogP contribution in [-0.4, -0.2) is 23.0 Å². The van der Waals surface area contributed by atoms with E-state index in [0.29, 0.717) is 5.82 Å². The molecule has 2 N–H and O–H groups in total. The van der Waals surface area contributed by atoms with Gasteiger partial charge in [0.05, 0.1) is 10.7 Å². The van der Waals surface area contributed by atoms with E-state index in [-0.39, 0.29) is 0 Å². The molecule has 0 radical (unpaired) electrons. The van der Waals surface area contributed by atoms with E-state index in [1.54, 1.807) is 6.07 Å². The fourth-order valence-electron chi connectivity index (χ4n) is 2.83. The lowest BCUT2D eigenvalue weighted by molar-refractivity contribution is 0.262. The number of halogens is 1. The van der Waals surface area contributed by atoms with E-state index in [1.165, 1.54) is 19.3 Å². The van der Waals surface area contributed by atoms with Gasteiger partial charge in [0.1, 0.15) is 5.82 Å². The van der Waals surface area contributed by atoms with E-state index in [2.05, 4.69) is 23.7 Å². The molecule has 1 atom stereocenters. The molecule has 106 valence electrons. The molecule has 1 aliphatic heterocycles. The van der Waals surface area contributed by atoms with Crippen molar-refractivity contribution in [2.75, 3.05) is 18.8 Å². The lowest BCUT2D eigenvalue weighted by atomic mass is 9.89. The van der Waals surface area contributed by atoms with Crippen molar-refractivity contribution < 1.29 is 0 Å². The van der Waals surface area contributed by atoms with Gasteiger partial charge in [-0.25, -0.2) is 4.98 Å². The number of pyridine rings is 1. The summed E-state index contributed by atoms with van der Waals surface area (Å²) < 4.78 is 0. The number of hydrogen-bond acceptors (Lipinski definition) is 3. The Bertz CT molecular complexity index is 420. The second-order valence-corrected chi connectivity index (χ2v) is 6.28. The van der Waals surface area contributed by atoms with Crippen LogP contribution in [0.4, 0.5) is 5.82 Å². The highest BCUT2D eigenvalue weighted by Gasteiger charge is 2.20. The molecule has 2 rings (SSSR count). The van der Waals surface area contributed by atoms with Crippen molar-refractivity contribution >= 4 is 17.4 Å². The molecule has 1 aliphatic rings. The first-order chi connectivity index (χ1) is 9.06. The van der Waals surface area contributed by atoms with Crippen molar-refractivity contribution in [3.05, 3.63) is 22.8 Å². The van der Waals surface area contributed by atoms with Crippen LogP contribution in [0.15, 0.2) is 12.1 Å². The molecule has 1 aromatic heterocycles. The Morgan fingerprint density at radius 3 is 2.89 bits per heavy atom. The average molecular weight is 282 g/mol. The summed E-state index contributed by atoms with van der Waals surface area (Å²) in [6.45, 7) is 7.74. The van der Waals surface area contributed by atoms with Gasteiger partial charge in [0, 0.05) is 6.54 Å². The SMILES string of the molecule is CC(C)C1CCCN(Cc2nc(N)ccc2Cl)CC1. The van der Waals surface area contributed by atoms with Gasteiger partial charge in [-0.15, -0.1) is 0 Å². The molecule has 0 aliphatic carbocycles. The molecule has 19 heavy (non-hydrogen) atoms. The summed E-state index contributed by atoms with van der Waals surface area (Å²) in [5.74, 6) is 2.19. The first kappa shape index (κ1) is 14.6. The van der Waals surface area contributed by atoms with Crippen LogP contribution in [0, 0.1) is 11.8 Å². The van der Waals surface area contributed by atoms with Gasteiger partial charge in [-0.3, -0.25) is 4.90 Å². The van der Waals surface area contributed by atoms with Crippen LogP contribution in [0.3, 0.4) is 0 Å². The second-order valence-electron chi connectivity index (χ2n) is 5.88. The number of nitrogen functional groups attached to an aromatic ring is 1. The van der Waals surface area contributed by atoms with Gasteiger partial charge < -0.3 is 5.73 Å². The molecular formula is C15H24ClN3. The van der Waals surface area contributed by atoms with Crippen LogP contribution < -0.4 is 5.73 Å². The third-order valence-electron chi connectivity index (χ3n) is 4.12. The number of hydrogen-bond donors (Lipinski definition) is 1. The van der Waals surface area contributed by atoms with Gasteiger partial charge in [0.15, 0.2) is 0 Å². The summed E-state index contributed by atoms with van der Waals surface area (Å²) in [5.41, 5.74) is 6.64. The smallest absolute Gasteiger partial charge is 0.123 e. The molecule has 0 bridgehead atoms. The van der Waals surface area contributed by atoms with E-state index < -0.39 is 0 Å². The highest BCUT2D eigenvalue weighted by atomic mass is 35.5. The molecular weight excluding hydrogens is 258 g/mol. The Balaban J connectivity index is 1.98. The van der Waals surface area contributed by atoms with Gasteiger partial charge in [-0.2, -0.15) is 0 Å². The molecule has 1 unspecified atom stereocenters. The van der Waals surface area contributed by atoms with Crippen LogP contribution >= 0.6 is 11.6 Å². The van der Waals surface area contributed by atoms with Crippen molar-refractivity contribution in [1.82, 2.24) is 9.88 Å². The van der Waals surface area contributed by atoms with E-state index >= 15 is 0 Å². The summed E-state index contributed by atoms with van der Waals surface area (Å²) in [6, 6.07) is 3.59. The molecule has 1 aromatic rings. The largest absolute Gasteiger partial charge is 0.384 e. The van der Waals surface area contributed by atoms with Crippen molar-refractivity contribution in [3.63, 3.8) is 0 Å². The van der Waals surface area contributed by atoms with Crippen LogP contribution in [-0.2, 0) is 6.54 Å². The summed E-state index contributed by atoms with van der Waals surface area (Å²) in [4.78, 5) is 6.81. The van der Waals surface area contributed by atoms with E-state index in [4.69, 9.17) is 17.3 Å². The van der Waals surface area contributed by atoms with E-state index in [0.717, 1.165) is 42.2 Å². The van der Waals surface area contributed by atoms with Crippen molar-refractivity contribution in [2.24, 2.45) is 11.8 Å². The molecule has 0 saturated carbocycles. The summed E-state index contributed by atoms with van der Waals surface area (Å²) in [5, 5.41) is 0.721. The predicted octanol–water partition coefficient (Wildman–Crippen LogP) is 3.58. The fraction of sp³-hybridized carbons (Fsp3) is 0.667. The summed E-state index contributed by atoms with van der Waals surface area (Å²) in [6.07, 6.45) is 3.88. The maximum absolute atomic E-state index is 6.19. The van der Waals surface area contributed by atoms with E-state index in [1.807, 2.05) is 6.07 Å². The van der Waals surface area contributed by atoms with E-state index in [9.17, 15) is 0 Å². The molecule has 4 heteroatoms. The van der Waals surface area contributed by atoms with Crippen LogP contribution in [0.1, 0.15) is 38.8 Å². The molecule has 2 heterocycles. The molecule has 0 aromatic carbocycles. The van der Waals surface area contributed by atoms with Crippen LogP contribution in [0.25, 0.3) is 0 Å². The Hall–Kier alpha value is -0.800. The number of nitrogens with zero attached hydrogens (tertiary/aromatic N) is 2. The minimum Gasteiger partial charge on any atom is -0.384 e. The van der Waals surface area contributed by atoms with Crippen molar-refractivity contribution in [3.8, 4) is 0 Å². The Kier molecular flexibility index (Phi) is 5.06. The highest BCUT2D eigenvalue weighted by Crippen LogP contribution is 2.26. The lowest BCUT2D eigenvalue weighted by Gasteiger charge is -2.21. The zero-order valence-electron chi connectivity index (χ0n) is 11.9. The van der Waals surface area contributed by atoms with Gasteiger partial charge >= 0.3 is 0 Å². The molecule has 1 saturated heterocycles. The molecule has 1 fully saturated rings. The Labute approximate surface area is 121 Å². The van der Waals surface area contributed by atoms with Gasteiger partial charge in [-0.05, 0) is 56.3 Å². The van der Waals surface area contributed by atoms with Crippen LogP contribution in [0.2, 0.25) is 5.02 Å². The third-order valence-corrected chi connectivity index (χ3v) is 4.47.